The molecule has 3 rings (SSSR count). The van der Waals surface area contributed by atoms with E-state index < -0.39 is 0 Å². The summed E-state index contributed by atoms with van der Waals surface area (Å²) in [5, 5.41) is 3.75. The maximum Gasteiger partial charge on any atom is 0.0391 e. The number of benzene rings is 1. The molecule has 1 aromatic carbocycles. The molecule has 0 amide bonds. The fourth-order valence-corrected chi connectivity index (χ4v) is 4.40. The first-order chi connectivity index (χ1) is 10.1. The molecule has 1 heterocycles. The van der Waals surface area contributed by atoms with Gasteiger partial charge in [0.2, 0.25) is 0 Å². The fraction of sp³-hybridized carbons (Fsp3) is 0.474. The molecule has 1 aromatic heterocycles. The van der Waals surface area contributed by atoms with Gasteiger partial charge >= 0.3 is 0 Å². The van der Waals surface area contributed by atoms with Crippen LogP contribution in [0.3, 0.4) is 0 Å². The van der Waals surface area contributed by atoms with Crippen LogP contribution in [0.4, 0.5) is 0 Å². The summed E-state index contributed by atoms with van der Waals surface area (Å²) in [6.45, 7) is 6.69. The molecule has 1 aliphatic carbocycles. The van der Waals surface area contributed by atoms with Crippen molar-refractivity contribution < 1.29 is 0 Å². The normalized spacial score (nSPS) is 17.3. The molecular formula is C19H25NS. The summed E-state index contributed by atoms with van der Waals surface area (Å²) in [7, 11) is 0. The Morgan fingerprint density at radius 1 is 1.00 bits per heavy atom. The molecule has 2 atom stereocenters. The van der Waals surface area contributed by atoms with Crippen LogP contribution in [0, 0.1) is 6.92 Å². The summed E-state index contributed by atoms with van der Waals surface area (Å²) in [5.41, 5.74) is 4.30. The van der Waals surface area contributed by atoms with E-state index >= 15 is 0 Å². The molecule has 1 N–H and O–H groups in total. The van der Waals surface area contributed by atoms with Gasteiger partial charge < -0.3 is 5.32 Å². The summed E-state index contributed by atoms with van der Waals surface area (Å²) in [5.74, 6) is 0. The average molecular weight is 299 g/mol. The van der Waals surface area contributed by atoms with Gasteiger partial charge in [0.25, 0.3) is 0 Å². The third-order valence-electron chi connectivity index (χ3n) is 4.52. The summed E-state index contributed by atoms with van der Waals surface area (Å²) in [6, 6.07) is 12.1. The summed E-state index contributed by atoms with van der Waals surface area (Å²) < 4.78 is 0. The molecule has 0 radical (unpaired) electrons. The zero-order valence-electron chi connectivity index (χ0n) is 13.3. The minimum absolute atomic E-state index is 0.389. The van der Waals surface area contributed by atoms with Gasteiger partial charge in [0.1, 0.15) is 0 Å². The van der Waals surface area contributed by atoms with E-state index in [0.717, 1.165) is 0 Å². The lowest BCUT2D eigenvalue weighted by Gasteiger charge is -2.19. The molecule has 0 saturated carbocycles. The highest BCUT2D eigenvalue weighted by Gasteiger charge is 2.18. The lowest BCUT2D eigenvalue weighted by Crippen LogP contribution is -2.21. The summed E-state index contributed by atoms with van der Waals surface area (Å²) in [4.78, 5) is 3.13. The number of hydrogen-bond acceptors (Lipinski definition) is 2. The first kappa shape index (κ1) is 14.8. The molecule has 1 aliphatic rings. The van der Waals surface area contributed by atoms with Gasteiger partial charge in [-0.15, -0.1) is 11.3 Å². The van der Waals surface area contributed by atoms with Crippen LogP contribution >= 0.6 is 11.3 Å². The maximum absolute atomic E-state index is 3.75. The SMILES string of the molecule is Cc1ccc([C@@H](C)NC(C)c2cc3c(s2)CCCC3)cc1. The standard InChI is InChI=1S/C19H25NS/c1-13-8-10-16(11-9-13)14(2)20-15(3)19-12-17-6-4-5-7-18(17)21-19/h8-12,14-15,20H,4-7H2,1-3H3/t14-,15?/m1/s1. The van der Waals surface area contributed by atoms with Crippen LogP contribution in [-0.2, 0) is 12.8 Å². The van der Waals surface area contributed by atoms with Crippen LogP contribution in [0.5, 0.6) is 0 Å². The van der Waals surface area contributed by atoms with E-state index in [0.29, 0.717) is 12.1 Å². The second kappa shape index (κ2) is 6.33. The van der Waals surface area contributed by atoms with Gasteiger partial charge in [-0.25, -0.2) is 0 Å². The van der Waals surface area contributed by atoms with Crippen molar-refractivity contribution in [3.05, 3.63) is 56.8 Å². The molecule has 21 heavy (non-hydrogen) atoms. The van der Waals surface area contributed by atoms with Gasteiger partial charge in [-0.05, 0) is 63.6 Å². The molecule has 1 unspecified atom stereocenters. The van der Waals surface area contributed by atoms with Gasteiger partial charge in [0.15, 0.2) is 0 Å². The second-order valence-corrected chi connectivity index (χ2v) is 7.49. The molecule has 0 saturated heterocycles. The minimum Gasteiger partial charge on any atom is -0.303 e. The van der Waals surface area contributed by atoms with Crippen molar-refractivity contribution >= 4 is 11.3 Å². The van der Waals surface area contributed by atoms with Crippen molar-refractivity contribution in [2.24, 2.45) is 0 Å². The summed E-state index contributed by atoms with van der Waals surface area (Å²) in [6.07, 6.45) is 5.31. The zero-order valence-corrected chi connectivity index (χ0v) is 14.1. The number of fused-ring (bicyclic) bond motifs is 1. The molecule has 0 bridgehead atoms. The van der Waals surface area contributed by atoms with Crippen molar-refractivity contribution in [3.8, 4) is 0 Å². The van der Waals surface area contributed by atoms with E-state index in [1.54, 1.807) is 10.4 Å². The van der Waals surface area contributed by atoms with Gasteiger partial charge in [-0.2, -0.15) is 0 Å². The highest BCUT2D eigenvalue weighted by atomic mass is 32.1. The molecule has 1 nitrogen and oxygen atoms in total. The Labute approximate surface area is 132 Å². The number of hydrogen-bond donors (Lipinski definition) is 1. The predicted octanol–water partition coefficient (Wildman–Crippen LogP) is 5.35. The van der Waals surface area contributed by atoms with E-state index in [1.807, 2.05) is 11.3 Å². The lowest BCUT2D eigenvalue weighted by molar-refractivity contribution is 0.500. The highest BCUT2D eigenvalue weighted by Crippen LogP contribution is 2.33. The Kier molecular flexibility index (Phi) is 4.46. The van der Waals surface area contributed by atoms with Gasteiger partial charge in [-0.1, -0.05) is 29.8 Å². The third-order valence-corrected chi connectivity index (χ3v) is 5.94. The Morgan fingerprint density at radius 3 is 2.43 bits per heavy atom. The number of nitrogens with one attached hydrogen (secondary N) is 1. The van der Waals surface area contributed by atoms with Crippen molar-refractivity contribution in [3.63, 3.8) is 0 Å². The molecule has 0 aliphatic heterocycles. The molecule has 2 aromatic rings. The quantitative estimate of drug-likeness (QED) is 0.802. The maximum atomic E-state index is 3.75. The second-order valence-electron chi connectivity index (χ2n) is 6.33. The van der Waals surface area contributed by atoms with Crippen LogP contribution in [-0.4, -0.2) is 0 Å². The van der Waals surface area contributed by atoms with Crippen LogP contribution in [0.2, 0.25) is 0 Å². The molecule has 112 valence electrons. The lowest BCUT2D eigenvalue weighted by atomic mass is 9.99. The van der Waals surface area contributed by atoms with E-state index in [4.69, 9.17) is 0 Å². The van der Waals surface area contributed by atoms with Gasteiger partial charge in [0, 0.05) is 21.8 Å². The Balaban J connectivity index is 1.69. The Hall–Kier alpha value is -1.12. The average Bonchev–Trinajstić information content (AvgIpc) is 2.92. The minimum atomic E-state index is 0.389. The topological polar surface area (TPSA) is 12.0 Å². The molecule has 2 heteroatoms. The molecular weight excluding hydrogens is 274 g/mol. The Morgan fingerprint density at radius 2 is 1.71 bits per heavy atom. The highest BCUT2D eigenvalue weighted by molar-refractivity contribution is 7.12. The third kappa shape index (κ3) is 3.38. The van der Waals surface area contributed by atoms with Gasteiger partial charge in [-0.3, -0.25) is 0 Å². The first-order valence-electron chi connectivity index (χ1n) is 8.07. The zero-order chi connectivity index (χ0) is 14.8. The summed E-state index contributed by atoms with van der Waals surface area (Å²) >= 11 is 2.02. The largest absolute Gasteiger partial charge is 0.303 e. The Bertz CT molecular complexity index is 573. The number of rotatable bonds is 4. The van der Waals surface area contributed by atoms with E-state index in [1.165, 1.54) is 41.7 Å². The smallest absolute Gasteiger partial charge is 0.0391 e. The van der Waals surface area contributed by atoms with Crippen LogP contribution in [0.25, 0.3) is 0 Å². The predicted molar refractivity (Wildman–Crippen MR) is 92.1 cm³/mol. The van der Waals surface area contributed by atoms with E-state index in [2.05, 4.69) is 56.4 Å². The van der Waals surface area contributed by atoms with Crippen LogP contribution in [0.15, 0.2) is 30.3 Å². The fourth-order valence-electron chi connectivity index (χ4n) is 3.14. The van der Waals surface area contributed by atoms with Crippen molar-refractivity contribution in [1.82, 2.24) is 5.32 Å². The molecule has 0 spiro atoms. The monoisotopic (exact) mass is 299 g/mol. The van der Waals surface area contributed by atoms with E-state index in [-0.39, 0.29) is 0 Å². The van der Waals surface area contributed by atoms with Crippen LogP contribution in [0.1, 0.15) is 65.2 Å². The van der Waals surface area contributed by atoms with Crippen molar-refractivity contribution in [2.75, 3.05) is 0 Å². The number of aryl methyl sites for hydroxylation is 3. The van der Waals surface area contributed by atoms with E-state index in [9.17, 15) is 0 Å². The van der Waals surface area contributed by atoms with Crippen molar-refractivity contribution in [2.45, 2.75) is 58.5 Å². The van der Waals surface area contributed by atoms with Crippen LogP contribution < -0.4 is 5.32 Å². The van der Waals surface area contributed by atoms with Crippen molar-refractivity contribution in [1.29, 1.82) is 0 Å². The van der Waals surface area contributed by atoms with Gasteiger partial charge in [0.05, 0.1) is 0 Å². The molecule has 0 fully saturated rings. The number of thiophene rings is 1. The first-order valence-corrected chi connectivity index (χ1v) is 8.89.